The van der Waals surface area contributed by atoms with E-state index in [2.05, 4.69) is 10.6 Å². The number of amides is 2. The second-order valence-electron chi connectivity index (χ2n) is 5.70. The molecule has 2 heterocycles. The minimum Gasteiger partial charge on any atom is -0.454 e. The van der Waals surface area contributed by atoms with Gasteiger partial charge in [-0.3, -0.25) is 9.59 Å². The van der Waals surface area contributed by atoms with E-state index < -0.39 is 0 Å². The highest BCUT2D eigenvalue weighted by Crippen LogP contribution is 2.37. The lowest BCUT2D eigenvalue weighted by atomic mass is 10.1. The van der Waals surface area contributed by atoms with Gasteiger partial charge in [-0.25, -0.2) is 0 Å². The first-order valence-corrected chi connectivity index (χ1v) is 8.57. The summed E-state index contributed by atoms with van der Waals surface area (Å²) in [5.74, 6) is 0.567. The van der Waals surface area contributed by atoms with Crippen LogP contribution < -0.4 is 15.4 Å². The molecular formula is C19H14N2O3S. The zero-order valence-electron chi connectivity index (χ0n) is 13.3. The fraction of sp³-hybridized carbons (Fsp3) is 0.0526. The van der Waals surface area contributed by atoms with Crippen LogP contribution in [0, 0.1) is 6.92 Å². The summed E-state index contributed by atoms with van der Waals surface area (Å²) in [5.41, 5.74) is 2.57. The number of nitrogens with one attached hydrogen (secondary N) is 2. The third-order valence-corrected chi connectivity index (χ3v) is 4.70. The number of aryl methyl sites for hydroxylation is 1. The number of rotatable bonds is 2. The Bertz CT molecular complexity index is 980. The van der Waals surface area contributed by atoms with Gasteiger partial charge in [0, 0.05) is 5.69 Å². The molecule has 5 nitrogen and oxygen atoms in total. The minimum atomic E-state index is -0.272. The average Bonchev–Trinajstić information content (AvgIpc) is 3.09. The van der Waals surface area contributed by atoms with Crippen LogP contribution in [-0.2, 0) is 0 Å². The van der Waals surface area contributed by atoms with Crippen molar-refractivity contribution in [2.75, 3.05) is 10.6 Å². The summed E-state index contributed by atoms with van der Waals surface area (Å²) in [5, 5.41) is 7.49. The van der Waals surface area contributed by atoms with Crippen LogP contribution >= 0.6 is 11.3 Å². The summed E-state index contributed by atoms with van der Waals surface area (Å²) in [6.07, 6.45) is 0. The smallest absolute Gasteiger partial charge is 0.265 e. The third kappa shape index (κ3) is 2.99. The Kier molecular flexibility index (Phi) is 3.74. The molecular weight excluding hydrogens is 336 g/mol. The van der Waals surface area contributed by atoms with Crippen LogP contribution in [0.3, 0.4) is 0 Å². The molecule has 0 bridgehead atoms. The SMILES string of the molecule is Cc1ccc2c(c1)NC(=O)c1cc(NC(=O)c3cccs3)ccc1O2. The zero-order valence-corrected chi connectivity index (χ0v) is 14.1. The highest BCUT2D eigenvalue weighted by Gasteiger charge is 2.21. The van der Waals surface area contributed by atoms with E-state index >= 15 is 0 Å². The molecule has 0 aliphatic carbocycles. The molecule has 3 aromatic rings. The van der Waals surface area contributed by atoms with Crippen molar-refractivity contribution in [1.29, 1.82) is 0 Å². The topological polar surface area (TPSA) is 67.4 Å². The van der Waals surface area contributed by atoms with E-state index in [0.717, 1.165) is 5.56 Å². The van der Waals surface area contributed by atoms with Crippen LogP contribution in [0.4, 0.5) is 11.4 Å². The summed E-state index contributed by atoms with van der Waals surface area (Å²) in [4.78, 5) is 25.3. The van der Waals surface area contributed by atoms with Crippen molar-refractivity contribution >= 4 is 34.5 Å². The summed E-state index contributed by atoms with van der Waals surface area (Å²) >= 11 is 1.36. The highest BCUT2D eigenvalue weighted by molar-refractivity contribution is 7.12. The number of hydrogen-bond acceptors (Lipinski definition) is 4. The number of benzene rings is 2. The van der Waals surface area contributed by atoms with Crippen molar-refractivity contribution in [3.63, 3.8) is 0 Å². The highest BCUT2D eigenvalue weighted by atomic mass is 32.1. The average molecular weight is 350 g/mol. The summed E-state index contributed by atoms with van der Waals surface area (Å²) in [7, 11) is 0. The van der Waals surface area contributed by atoms with Gasteiger partial charge in [-0.05, 0) is 54.3 Å². The molecule has 124 valence electrons. The van der Waals surface area contributed by atoms with E-state index in [1.165, 1.54) is 11.3 Å². The molecule has 0 saturated heterocycles. The Labute approximate surface area is 148 Å². The van der Waals surface area contributed by atoms with Gasteiger partial charge in [0.1, 0.15) is 5.75 Å². The zero-order chi connectivity index (χ0) is 17.4. The molecule has 25 heavy (non-hydrogen) atoms. The van der Waals surface area contributed by atoms with Gasteiger partial charge in [0.05, 0.1) is 16.1 Å². The van der Waals surface area contributed by atoms with Crippen LogP contribution in [0.5, 0.6) is 11.5 Å². The monoisotopic (exact) mass is 350 g/mol. The Hall–Kier alpha value is -3.12. The molecule has 0 atom stereocenters. The number of carbonyl (C=O) groups is 2. The van der Waals surface area contributed by atoms with E-state index in [1.807, 2.05) is 36.6 Å². The van der Waals surface area contributed by atoms with Gasteiger partial charge < -0.3 is 15.4 Å². The molecule has 6 heteroatoms. The second-order valence-corrected chi connectivity index (χ2v) is 6.65. The first kappa shape index (κ1) is 15.4. The largest absolute Gasteiger partial charge is 0.454 e. The molecule has 0 saturated carbocycles. The number of hydrogen-bond donors (Lipinski definition) is 2. The number of anilines is 2. The molecule has 1 aromatic heterocycles. The fourth-order valence-corrected chi connectivity index (χ4v) is 3.23. The van der Waals surface area contributed by atoms with Gasteiger partial charge in [0.2, 0.25) is 0 Å². The van der Waals surface area contributed by atoms with Crippen molar-refractivity contribution in [1.82, 2.24) is 0 Å². The summed E-state index contributed by atoms with van der Waals surface area (Å²) < 4.78 is 5.87. The predicted octanol–water partition coefficient (Wildman–Crippen LogP) is 4.67. The lowest BCUT2D eigenvalue weighted by Gasteiger charge is -2.09. The molecule has 0 unspecified atom stereocenters. The van der Waals surface area contributed by atoms with E-state index in [9.17, 15) is 9.59 Å². The van der Waals surface area contributed by atoms with Crippen LogP contribution in [0.1, 0.15) is 25.6 Å². The standard InChI is InChI=1S/C19H14N2O3S/c1-11-4-6-16-14(9-11)21-18(22)13-10-12(5-7-15(13)24-16)20-19(23)17-3-2-8-25-17/h2-10H,1H3,(H,20,23)(H,21,22). The van der Waals surface area contributed by atoms with E-state index in [1.54, 1.807) is 24.3 Å². The molecule has 0 radical (unpaired) electrons. The number of ether oxygens (including phenoxy) is 1. The Balaban J connectivity index is 1.65. The maximum absolute atomic E-state index is 12.5. The molecule has 2 aromatic carbocycles. The van der Waals surface area contributed by atoms with Gasteiger partial charge in [-0.1, -0.05) is 12.1 Å². The van der Waals surface area contributed by atoms with E-state index in [-0.39, 0.29) is 11.8 Å². The third-order valence-electron chi connectivity index (χ3n) is 3.83. The van der Waals surface area contributed by atoms with Crippen LogP contribution in [0.2, 0.25) is 0 Å². The quantitative estimate of drug-likeness (QED) is 0.706. The Morgan fingerprint density at radius 3 is 2.76 bits per heavy atom. The van der Waals surface area contributed by atoms with Crippen LogP contribution in [-0.4, -0.2) is 11.8 Å². The molecule has 4 rings (SSSR count). The molecule has 0 spiro atoms. The first-order chi connectivity index (χ1) is 12.1. The second kappa shape index (κ2) is 6.07. The minimum absolute atomic E-state index is 0.205. The van der Waals surface area contributed by atoms with Gasteiger partial charge in [0.25, 0.3) is 11.8 Å². The number of carbonyl (C=O) groups excluding carboxylic acids is 2. The van der Waals surface area contributed by atoms with E-state index in [0.29, 0.717) is 33.3 Å². The van der Waals surface area contributed by atoms with Gasteiger partial charge >= 0.3 is 0 Å². The van der Waals surface area contributed by atoms with Crippen molar-refractivity contribution in [2.45, 2.75) is 6.92 Å². The maximum Gasteiger partial charge on any atom is 0.265 e. The van der Waals surface area contributed by atoms with Crippen molar-refractivity contribution in [3.05, 3.63) is 69.9 Å². The maximum atomic E-state index is 12.5. The normalized spacial score (nSPS) is 12.3. The van der Waals surface area contributed by atoms with Gasteiger partial charge in [-0.15, -0.1) is 11.3 Å². The lowest BCUT2D eigenvalue weighted by molar-refractivity contribution is 0.101. The van der Waals surface area contributed by atoms with Crippen molar-refractivity contribution < 1.29 is 14.3 Å². The van der Waals surface area contributed by atoms with Crippen LogP contribution in [0.25, 0.3) is 0 Å². The predicted molar refractivity (Wildman–Crippen MR) is 97.9 cm³/mol. The fourth-order valence-electron chi connectivity index (χ4n) is 2.61. The molecule has 2 N–H and O–H groups in total. The number of thiophene rings is 1. The van der Waals surface area contributed by atoms with Crippen LogP contribution in [0.15, 0.2) is 53.9 Å². The Morgan fingerprint density at radius 2 is 1.96 bits per heavy atom. The van der Waals surface area contributed by atoms with Gasteiger partial charge in [-0.2, -0.15) is 0 Å². The molecule has 1 aliphatic heterocycles. The summed E-state index contributed by atoms with van der Waals surface area (Å²) in [6, 6.07) is 14.2. The van der Waals surface area contributed by atoms with Crippen molar-refractivity contribution in [2.24, 2.45) is 0 Å². The van der Waals surface area contributed by atoms with E-state index in [4.69, 9.17) is 4.74 Å². The molecule has 0 fully saturated rings. The lowest BCUT2D eigenvalue weighted by Crippen LogP contribution is -2.13. The van der Waals surface area contributed by atoms with Crippen molar-refractivity contribution in [3.8, 4) is 11.5 Å². The Morgan fingerprint density at radius 1 is 1.12 bits per heavy atom. The molecule has 1 aliphatic rings. The summed E-state index contributed by atoms with van der Waals surface area (Å²) in [6.45, 7) is 1.95. The molecule has 2 amide bonds. The first-order valence-electron chi connectivity index (χ1n) is 7.69. The number of fused-ring (bicyclic) bond motifs is 2. The van der Waals surface area contributed by atoms with Gasteiger partial charge in [0.15, 0.2) is 5.75 Å².